The fourth-order valence-corrected chi connectivity index (χ4v) is 1.84. The van der Waals surface area contributed by atoms with Gasteiger partial charge in [0.15, 0.2) is 0 Å². The molecular weight excluding hydrogens is 230 g/mol. The van der Waals surface area contributed by atoms with Crippen molar-refractivity contribution >= 4 is 18.5 Å². The third kappa shape index (κ3) is 4.08. The number of benzene rings is 1. The van der Waals surface area contributed by atoms with Gasteiger partial charge in [0.25, 0.3) is 5.91 Å². The molecule has 0 spiro atoms. The summed E-state index contributed by atoms with van der Waals surface area (Å²) >= 11 is 4.22. The van der Waals surface area contributed by atoms with Gasteiger partial charge in [-0.25, -0.2) is 0 Å². The molecule has 0 aromatic heterocycles. The standard InChI is InChI=1S/C14H21NOS/c1-10(2)9-15(11(3)4)14(16)12-5-7-13(17)8-6-12/h5-8,10-11,17H,9H2,1-4H3. The highest BCUT2D eigenvalue weighted by Gasteiger charge is 2.19. The van der Waals surface area contributed by atoms with Crippen LogP contribution in [0.15, 0.2) is 29.2 Å². The van der Waals surface area contributed by atoms with Crippen LogP contribution in [0.1, 0.15) is 38.1 Å². The number of carbonyl (C=O) groups excluding carboxylic acids is 1. The average molecular weight is 251 g/mol. The lowest BCUT2D eigenvalue weighted by Crippen LogP contribution is -2.39. The van der Waals surface area contributed by atoms with Crippen LogP contribution < -0.4 is 0 Å². The number of rotatable bonds is 4. The van der Waals surface area contributed by atoms with E-state index < -0.39 is 0 Å². The van der Waals surface area contributed by atoms with Crippen molar-refractivity contribution in [2.75, 3.05) is 6.54 Å². The van der Waals surface area contributed by atoms with E-state index in [1.807, 2.05) is 43.0 Å². The minimum absolute atomic E-state index is 0.0991. The Hall–Kier alpha value is -0.960. The first kappa shape index (κ1) is 14.1. The molecule has 0 aliphatic heterocycles. The fourth-order valence-electron chi connectivity index (χ4n) is 1.69. The topological polar surface area (TPSA) is 20.3 Å². The summed E-state index contributed by atoms with van der Waals surface area (Å²) in [6.45, 7) is 9.14. The van der Waals surface area contributed by atoms with Crippen LogP contribution in [0.3, 0.4) is 0 Å². The van der Waals surface area contributed by atoms with Gasteiger partial charge < -0.3 is 4.90 Å². The maximum absolute atomic E-state index is 12.3. The van der Waals surface area contributed by atoms with E-state index in [1.54, 1.807) is 0 Å². The number of amides is 1. The second-order valence-electron chi connectivity index (χ2n) is 4.99. The van der Waals surface area contributed by atoms with Crippen molar-refractivity contribution < 1.29 is 4.79 Å². The van der Waals surface area contributed by atoms with E-state index in [4.69, 9.17) is 0 Å². The molecule has 1 amide bonds. The van der Waals surface area contributed by atoms with Crippen LogP contribution in [0.25, 0.3) is 0 Å². The highest BCUT2D eigenvalue weighted by Crippen LogP contribution is 2.13. The Balaban J connectivity index is 2.88. The Labute approximate surface area is 109 Å². The van der Waals surface area contributed by atoms with Gasteiger partial charge in [-0.1, -0.05) is 13.8 Å². The summed E-state index contributed by atoms with van der Waals surface area (Å²) in [6, 6.07) is 7.59. The van der Waals surface area contributed by atoms with Crippen molar-refractivity contribution in [2.45, 2.75) is 38.6 Å². The molecule has 2 nitrogen and oxygen atoms in total. The van der Waals surface area contributed by atoms with E-state index in [9.17, 15) is 4.79 Å². The van der Waals surface area contributed by atoms with Crippen LogP contribution in [0.4, 0.5) is 0 Å². The molecule has 0 aliphatic carbocycles. The molecule has 0 radical (unpaired) electrons. The van der Waals surface area contributed by atoms with Gasteiger partial charge >= 0.3 is 0 Å². The monoisotopic (exact) mass is 251 g/mol. The zero-order valence-corrected chi connectivity index (χ0v) is 11.9. The van der Waals surface area contributed by atoms with Gasteiger partial charge in [-0.3, -0.25) is 4.79 Å². The van der Waals surface area contributed by atoms with Crippen molar-refractivity contribution in [1.29, 1.82) is 0 Å². The van der Waals surface area contributed by atoms with E-state index >= 15 is 0 Å². The average Bonchev–Trinajstić information content (AvgIpc) is 2.25. The molecular formula is C14H21NOS. The Kier molecular flexibility index (Phi) is 5.06. The maximum Gasteiger partial charge on any atom is 0.254 e. The minimum atomic E-state index is 0.0991. The summed E-state index contributed by atoms with van der Waals surface area (Å²) < 4.78 is 0. The predicted octanol–water partition coefficient (Wildman–Crippen LogP) is 3.48. The number of nitrogens with zero attached hydrogens (tertiary/aromatic N) is 1. The summed E-state index contributed by atoms with van der Waals surface area (Å²) in [4.78, 5) is 15.1. The fraction of sp³-hybridized carbons (Fsp3) is 0.500. The Morgan fingerprint density at radius 1 is 1.18 bits per heavy atom. The second kappa shape index (κ2) is 6.10. The lowest BCUT2D eigenvalue weighted by Gasteiger charge is -2.28. The second-order valence-corrected chi connectivity index (χ2v) is 5.51. The summed E-state index contributed by atoms with van der Waals surface area (Å²) in [5.74, 6) is 0.576. The van der Waals surface area contributed by atoms with Crippen molar-refractivity contribution in [2.24, 2.45) is 5.92 Å². The number of hydrogen-bond acceptors (Lipinski definition) is 2. The van der Waals surface area contributed by atoms with E-state index in [1.165, 1.54) is 0 Å². The van der Waals surface area contributed by atoms with Gasteiger partial charge in [-0.15, -0.1) is 12.6 Å². The summed E-state index contributed by atoms with van der Waals surface area (Å²) in [5, 5.41) is 0. The lowest BCUT2D eigenvalue weighted by atomic mass is 10.1. The summed E-state index contributed by atoms with van der Waals surface area (Å²) in [6.07, 6.45) is 0. The molecule has 0 unspecified atom stereocenters. The molecule has 0 N–H and O–H groups in total. The lowest BCUT2D eigenvalue weighted by molar-refractivity contribution is 0.0682. The van der Waals surface area contributed by atoms with Gasteiger partial charge in [-0.2, -0.15) is 0 Å². The third-order valence-corrected chi connectivity index (χ3v) is 2.86. The molecule has 1 aromatic carbocycles. The van der Waals surface area contributed by atoms with Crippen molar-refractivity contribution in [3.63, 3.8) is 0 Å². The first-order chi connectivity index (χ1) is 7.91. The van der Waals surface area contributed by atoms with E-state index in [0.717, 1.165) is 17.0 Å². The molecule has 1 rings (SSSR count). The molecule has 0 saturated carbocycles. The Bertz CT molecular complexity index is 370. The molecule has 94 valence electrons. The predicted molar refractivity (Wildman–Crippen MR) is 74.7 cm³/mol. The van der Waals surface area contributed by atoms with Gasteiger partial charge in [-0.05, 0) is 44.0 Å². The highest BCUT2D eigenvalue weighted by molar-refractivity contribution is 7.80. The van der Waals surface area contributed by atoms with Gasteiger partial charge in [0.1, 0.15) is 0 Å². The highest BCUT2D eigenvalue weighted by atomic mass is 32.1. The van der Waals surface area contributed by atoms with E-state index in [0.29, 0.717) is 5.92 Å². The summed E-state index contributed by atoms with van der Waals surface area (Å²) in [7, 11) is 0. The molecule has 17 heavy (non-hydrogen) atoms. The van der Waals surface area contributed by atoms with Crippen LogP contribution >= 0.6 is 12.6 Å². The summed E-state index contributed by atoms with van der Waals surface area (Å²) in [5.41, 5.74) is 0.733. The number of thiol groups is 1. The van der Waals surface area contributed by atoms with Crippen molar-refractivity contribution in [3.05, 3.63) is 29.8 Å². The largest absolute Gasteiger partial charge is 0.336 e. The molecule has 0 aliphatic rings. The first-order valence-electron chi connectivity index (χ1n) is 6.01. The zero-order chi connectivity index (χ0) is 13.0. The van der Waals surface area contributed by atoms with Crippen molar-refractivity contribution in [1.82, 2.24) is 4.90 Å². The van der Waals surface area contributed by atoms with Crippen LogP contribution in [-0.4, -0.2) is 23.4 Å². The van der Waals surface area contributed by atoms with Crippen molar-refractivity contribution in [3.8, 4) is 0 Å². The maximum atomic E-state index is 12.3. The number of hydrogen-bond donors (Lipinski definition) is 1. The quantitative estimate of drug-likeness (QED) is 0.812. The minimum Gasteiger partial charge on any atom is -0.336 e. The van der Waals surface area contributed by atoms with E-state index in [-0.39, 0.29) is 11.9 Å². The normalized spacial score (nSPS) is 11.0. The van der Waals surface area contributed by atoms with E-state index in [2.05, 4.69) is 26.5 Å². The molecule has 0 heterocycles. The number of carbonyl (C=O) groups is 1. The zero-order valence-electron chi connectivity index (χ0n) is 11.0. The van der Waals surface area contributed by atoms with Crippen LogP contribution in [0, 0.1) is 5.92 Å². The van der Waals surface area contributed by atoms with Gasteiger partial charge in [0.05, 0.1) is 0 Å². The molecule has 3 heteroatoms. The van der Waals surface area contributed by atoms with Crippen LogP contribution in [-0.2, 0) is 0 Å². The Morgan fingerprint density at radius 3 is 2.12 bits per heavy atom. The molecule has 0 bridgehead atoms. The van der Waals surface area contributed by atoms with Crippen LogP contribution in [0.2, 0.25) is 0 Å². The third-order valence-electron chi connectivity index (χ3n) is 2.56. The SMILES string of the molecule is CC(C)CN(C(=O)c1ccc(S)cc1)C(C)C. The molecule has 0 fully saturated rings. The molecule has 0 saturated heterocycles. The Morgan fingerprint density at radius 2 is 1.71 bits per heavy atom. The first-order valence-corrected chi connectivity index (χ1v) is 6.46. The smallest absolute Gasteiger partial charge is 0.254 e. The van der Waals surface area contributed by atoms with Gasteiger partial charge in [0.2, 0.25) is 0 Å². The molecule has 0 atom stereocenters. The van der Waals surface area contributed by atoms with Crippen LogP contribution in [0.5, 0.6) is 0 Å². The van der Waals surface area contributed by atoms with Gasteiger partial charge in [0, 0.05) is 23.0 Å². The molecule has 1 aromatic rings.